The van der Waals surface area contributed by atoms with E-state index in [4.69, 9.17) is 18.9 Å². The van der Waals surface area contributed by atoms with Gasteiger partial charge in [-0.2, -0.15) is 0 Å². The maximum atomic E-state index is 13.7. The largest absolute Gasteiger partial charge is 0.497 e. The van der Waals surface area contributed by atoms with Gasteiger partial charge in [0.1, 0.15) is 18.0 Å². The second-order valence-corrected chi connectivity index (χ2v) is 9.79. The molecule has 0 aromatic heterocycles. The first kappa shape index (κ1) is 26.8. The van der Waals surface area contributed by atoms with Crippen LogP contribution in [-0.2, 0) is 38.8 Å². The van der Waals surface area contributed by atoms with Crippen LogP contribution in [-0.4, -0.2) is 31.2 Å². The first-order valence-corrected chi connectivity index (χ1v) is 13.3. The zero-order chi connectivity index (χ0) is 26.9. The number of benzene rings is 4. The van der Waals surface area contributed by atoms with E-state index in [1.54, 1.807) is 7.11 Å². The Morgan fingerprint density at radius 3 is 1.54 bits per heavy atom. The molecule has 0 heterocycles. The normalized spacial score (nSPS) is 21.0. The van der Waals surface area contributed by atoms with Crippen molar-refractivity contribution in [1.82, 2.24) is 0 Å². The highest BCUT2D eigenvalue weighted by molar-refractivity contribution is 5.86. The molecule has 0 radical (unpaired) electrons. The Balaban J connectivity index is 1.46. The Morgan fingerprint density at radius 1 is 0.590 bits per heavy atom. The van der Waals surface area contributed by atoms with Gasteiger partial charge >= 0.3 is 0 Å². The minimum absolute atomic E-state index is 0.0179. The van der Waals surface area contributed by atoms with E-state index < -0.39 is 18.3 Å². The molecule has 1 saturated carbocycles. The van der Waals surface area contributed by atoms with Gasteiger partial charge in [0, 0.05) is 12.3 Å². The van der Waals surface area contributed by atoms with Crippen molar-refractivity contribution in [3.63, 3.8) is 0 Å². The second kappa shape index (κ2) is 13.3. The molecule has 4 aromatic carbocycles. The zero-order valence-corrected chi connectivity index (χ0v) is 22.1. The van der Waals surface area contributed by atoms with Crippen LogP contribution in [0.15, 0.2) is 115 Å². The molecule has 5 heteroatoms. The van der Waals surface area contributed by atoms with Crippen molar-refractivity contribution in [1.29, 1.82) is 0 Å². The smallest absolute Gasteiger partial charge is 0.165 e. The van der Waals surface area contributed by atoms with E-state index in [9.17, 15) is 4.79 Å². The lowest BCUT2D eigenvalue weighted by atomic mass is 9.77. The third-order valence-corrected chi connectivity index (χ3v) is 7.14. The number of carbonyl (C=O) groups is 1. The molecule has 5 rings (SSSR count). The number of hydrogen-bond acceptors (Lipinski definition) is 5. The summed E-state index contributed by atoms with van der Waals surface area (Å²) in [5, 5.41) is 0. The maximum Gasteiger partial charge on any atom is 0.165 e. The third-order valence-electron chi connectivity index (χ3n) is 7.14. The highest BCUT2D eigenvalue weighted by atomic mass is 16.6. The molecule has 0 unspecified atom stereocenters. The summed E-state index contributed by atoms with van der Waals surface area (Å²) in [5.41, 5.74) is 4.11. The standard InChI is InChI=1S/C34H34O5/c1-36-29-19-17-28(18-20-29)30-21-31(35)33(38-23-26-13-7-3-8-14-26)34(39-24-27-15-9-4-10-16-27)32(30)37-22-25-11-5-2-6-12-25/h2-20,30,32-34H,21-24H2,1H3/t30-,32-,33+,34+/m0/s1. The molecule has 200 valence electrons. The van der Waals surface area contributed by atoms with Gasteiger partial charge in [-0.3, -0.25) is 4.79 Å². The Morgan fingerprint density at radius 2 is 1.05 bits per heavy atom. The van der Waals surface area contributed by atoms with Crippen LogP contribution in [0.2, 0.25) is 0 Å². The number of carbonyl (C=O) groups excluding carboxylic acids is 1. The Bertz CT molecular complexity index is 1290. The van der Waals surface area contributed by atoms with Crippen molar-refractivity contribution < 1.29 is 23.7 Å². The second-order valence-electron chi connectivity index (χ2n) is 9.79. The van der Waals surface area contributed by atoms with Crippen molar-refractivity contribution in [2.75, 3.05) is 7.11 Å². The maximum absolute atomic E-state index is 13.7. The van der Waals surface area contributed by atoms with Crippen LogP contribution in [0.4, 0.5) is 0 Å². The van der Waals surface area contributed by atoms with E-state index in [2.05, 4.69) is 0 Å². The third kappa shape index (κ3) is 7.01. The number of Topliss-reactive ketones (excluding diaryl/α,β-unsaturated/α-hetero) is 1. The number of ketones is 1. The summed E-state index contributed by atoms with van der Waals surface area (Å²) in [7, 11) is 1.65. The molecule has 1 aliphatic rings. The molecular weight excluding hydrogens is 488 g/mol. The predicted molar refractivity (Wildman–Crippen MR) is 150 cm³/mol. The average molecular weight is 523 g/mol. The molecule has 0 spiro atoms. The molecule has 4 aromatic rings. The summed E-state index contributed by atoms with van der Waals surface area (Å²) < 4.78 is 24.9. The number of ether oxygens (including phenoxy) is 4. The number of hydrogen-bond donors (Lipinski definition) is 0. The van der Waals surface area contributed by atoms with E-state index in [0.717, 1.165) is 28.0 Å². The first-order valence-electron chi connectivity index (χ1n) is 13.3. The fourth-order valence-electron chi connectivity index (χ4n) is 5.07. The lowest BCUT2D eigenvalue weighted by molar-refractivity contribution is -0.183. The van der Waals surface area contributed by atoms with Gasteiger partial charge in [-0.15, -0.1) is 0 Å². The molecule has 1 aliphatic carbocycles. The van der Waals surface area contributed by atoms with Gasteiger partial charge in [-0.25, -0.2) is 0 Å². The van der Waals surface area contributed by atoms with Gasteiger partial charge in [-0.1, -0.05) is 103 Å². The van der Waals surface area contributed by atoms with Crippen molar-refractivity contribution in [2.24, 2.45) is 0 Å². The molecule has 4 atom stereocenters. The van der Waals surface area contributed by atoms with E-state index in [-0.39, 0.29) is 11.7 Å². The molecule has 0 N–H and O–H groups in total. The van der Waals surface area contributed by atoms with Crippen LogP contribution in [0.3, 0.4) is 0 Å². The van der Waals surface area contributed by atoms with E-state index in [1.165, 1.54) is 0 Å². The lowest BCUT2D eigenvalue weighted by Gasteiger charge is -2.41. The monoisotopic (exact) mass is 522 g/mol. The molecular formula is C34H34O5. The van der Waals surface area contributed by atoms with Gasteiger partial charge in [0.25, 0.3) is 0 Å². The first-order chi connectivity index (χ1) is 19.2. The lowest BCUT2D eigenvalue weighted by Crippen LogP contribution is -2.54. The van der Waals surface area contributed by atoms with Crippen molar-refractivity contribution in [3.8, 4) is 5.75 Å². The zero-order valence-electron chi connectivity index (χ0n) is 22.1. The highest BCUT2D eigenvalue weighted by Gasteiger charge is 2.47. The predicted octanol–water partition coefficient (Wildman–Crippen LogP) is 6.51. The highest BCUT2D eigenvalue weighted by Crippen LogP contribution is 2.38. The van der Waals surface area contributed by atoms with Crippen molar-refractivity contribution in [3.05, 3.63) is 138 Å². The van der Waals surface area contributed by atoms with E-state index in [1.807, 2.05) is 115 Å². The average Bonchev–Trinajstić information content (AvgIpc) is 3.00. The van der Waals surface area contributed by atoms with E-state index >= 15 is 0 Å². The summed E-state index contributed by atoms with van der Waals surface area (Å²) in [5.74, 6) is 0.595. The minimum atomic E-state index is -0.746. The fourth-order valence-corrected chi connectivity index (χ4v) is 5.07. The number of methoxy groups -OCH3 is 1. The Hall–Kier alpha value is -3.77. The Kier molecular flexibility index (Phi) is 9.17. The van der Waals surface area contributed by atoms with Crippen LogP contribution in [0.5, 0.6) is 5.75 Å². The summed E-state index contributed by atoms with van der Waals surface area (Å²) in [6.45, 7) is 1.08. The van der Waals surface area contributed by atoms with Crippen LogP contribution < -0.4 is 4.74 Å². The SMILES string of the molecule is COc1ccc([C@@H]2CC(=O)[C@@H](OCc3ccccc3)[C@H](OCc3ccccc3)[C@H]2OCc2ccccc2)cc1. The van der Waals surface area contributed by atoms with Crippen LogP contribution in [0.25, 0.3) is 0 Å². The van der Waals surface area contributed by atoms with Gasteiger partial charge in [0.15, 0.2) is 5.78 Å². The fraction of sp³-hybridized carbons (Fsp3) is 0.265. The molecule has 1 fully saturated rings. The molecule has 0 amide bonds. The Labute approximate surface area is 230 Å². The summed E-state index contributed by atoms with van der Waals surface area (Å²) in [6, 6.07) is 37.8. The quantitative estimate of drug-likeness (QED) is 0.225. The van der Waals surface area contributed by atoms with Crippen molar-refractivity contribution in [2.45, 2.75) is 50.5 Å². The molecule has 0 bridgehead atoms. The molecule has 0 aliphatic heterocycles. The number of rotatable bonds is 11. The van der Waals surface area contributed by atoms with Gasteiger partial charge in [0.2, 0.25) is 0 Å². The topological polar surface area (TPSA) is 54.0 Å². The summed E-state index contributed by atoms with van der Waals surface area (Å²) in [6.07, 6.45) is -1.44. The van der Waals surface area contributed by atoms with Gasteiger partial charge < -0.3 is 18.9 Å². The summed E-state index contributed by atoms with van der Waals surface area (Å²) in [4.78, 5) is 13.7. The molecule has 39 heavy (non-hydrogen) atoms. The van der Waals surface area contributed by atoms with E-state index in [0.29, 0.717) is 26.2 Å². The molecule has 5 nitrogen and oxygen atoms in total. The van der Waals surface area contributed by atoms with Crippen LogP contribution >= 0.6 is 0 Å². The van der Waals surface area contributed by atoms with Gasteiger partial charge in [-0.05, 0) is 34.4 Å². The minimum Gasteiger partial charge on any atom is -0.497 e. The molecule has 0 saturated heterocycles. The van der Waals surface area contributed by atoms with Crippen LogP contribution in [0, 0.1) is 0 Å². The van der Waals surface area contributed by atoms with Crippen molar-refractivity contribution >= 4 is 5.78 Å². The van der Waals surface area contributed by atoms with Gasteiger partial charge in [0.05, 0.1) is 33.0 Å². The summed E-state index contributed by atoms with van der Waals surface area (Å²) >= 11 is 0. The van der Waals surface area contributed by atoms with Crippen LogP contribution in [0.1, 0.15) is 34.6 Å².